The van der Waals surface area contributed by atoms with E-state index in [1.165, 1.54) is 0 Å². The minimum absolute atomic E-state index is 0.285. The van der Waals surface area contributed by atoms with Gasteiger partial charge >= 0.3 is 4.94 Å². The number of benzene rings is 2. The molecule has 0 aliphatic heterocycles. The van der Waals surface area contributed by atoms with Gasteiger partial charge in [0.2, 0.25) is 0 Å². The van der Waals surface area contributed by atoms with Crippen LogP contribution in [0.3, 0.4) is 0 Å². The van der Waals surface area contributed by atoms with E-state index < -0.39 is 15.0 Å². The molecule has 2 aromatic carbocycles. The molecular formula is C17H17NO4S2. The Kier molecular flexibility index (Phi) is 4.01. The predicted molar refractivity (Wildman–Crippen MR) is 96.6 cm³/mol. The molecular weight excluding hydrogens is 346 g/mol. The lowest BCUT2D eigenvalue weighted by Crippen LogP contribution is -2.16. The molecule has 0 fully saturated rings. The Hall–Kier alpha value is -2.12. The van der Waals surface area contributed by atoms with Crippen LogP contribution in [0, 0.1) is 27.7 Å². The van der Waals surface area contributed by atoms with E-state index in [1.807, 2.05) is 19.1 Å². The summed E-state index contributed by atoms with van der Waals surface area (Å²) in [5.41, 5.74) is 4.02. The van der Waals surface area contributed by atoms with Gasteiger partial charge in [0.25, 0.3) is 10.0 Å². The largest absolute Gasteiger partial charge is 0.414 e. The SMILES string of the molecule is Cc1cc(C)c(S(=O)(=O)Nc2cc3sc(=O)oc3cc2C)c(C)c1. The number of anilines is 1. The van der Waals surface area contributed by atoms with Crippen LogP contribution in [0.25, 0.3) is 10.3 Å². The van der Waals surface area contributed by atoms with E-state index in [0.717, 1.165) is 16.9 Å². The monoisotopic (exact) mass is 363 g/mol. The third-order valence-electron chi connectivity index (χ3n) is 3.80. The van der Waals surface area contributed by atoms with Crippen LogP contribution in [0.5, 0.6) is 0 Å². The van der Waals surface area contributed by atoms with Gasteiger partial charge in [0, 0.05) is 0 Å². The summed E-state index contributed by atoms with van der Waals surface area (Å²) in [6.07, 6.45) is 0. The van der Waals surface area contributed by atoms with Crippen molar-refractivity contribution < 1.29 is 12.8 Å². The quantitative estimate of drug-likeness (QED) is 0.766. The summed E-state index contributed by atoms with van der Waals surface area (Å²) >= 11 is 0.948. The molecule has 24 heavy (non-hydrogen) atoms. The average molecular weight is 363 g/mol. The number of fused-ring (bicyclic) bond motifs is 1. The summed E-state index contributed by atoms with van der Waals surface area (Å²) in [6.45, 7) is 7.27. The molecule has 0 saturated heterocycles. The number of hydrogen-bond donors (Lipinski definition) is 1. The van der Waals surface area contributed by atoms with Crippen molar-refractivity contribution in [3.8, 4) is 0 Å². The minimum atomic E-state index is -3.73. The lowest BCUT2D eigenvalue weighted by Gasteiger charge is -2.15. The van der Waals surface area contributed by atoms with Gasteiger partial charge in [0.1, 0.15) is 5.58 Å². The molecule has 0 aliphatic rings. The number of sulfonamides is 1. The Bertz CT molecular complexity index is 1080. The lowest BCUT2D eigenvalue weighted by atomic mass is 10.1. The van der Waals surface area contributed by atoms with Crippen LogP contribution >= 0.6 is 11.3 Å². The summed E-state index contributed by atoms with van der Waals surface area (Å²) in [5, 5.41) is 0. The maximum absolute atomic E-state index is 12.9. The van der Waals surface area contributed by atoms with E-state index >= 15 is 0 Å². The molecule has 0 amide bonds. The molecule has 3 aromatic rings. The Labute approximate surface area is 144 Å². The van der Waals surface area contributed by atoms with Gasteiger partial charge in [-0.25, -0.2) is 13.2 Å². The molecule has 3 rings (SSSR count). The molecule has 0 aliphatic carbocycles. The third kappa shape index (κ3) is 2.97. The third-order valence-corrected chi connectivity index (χ3v) is 6.25. The van der Waals surface area contributed by atoms with Gasteiger partial charge in [0.05, 0.1) is 15.3 Å². The van der Waals surface area contributed by atoms with Gasteiger partial charge in [-0.1, -0.05) is 29.0 Å². The van der Waals surface area contributed by atoms with E-state index in [0.29, 0.717) is 32.7 Å². The van der Waals surface area contributed by atoms with Crippen LogP contribution < -0.4 is 9.66 Å². The van der Waals surface area contributed by atoms with Gasteiger partial charge in [-0.3, -0.25) is 4.72 Å². The summed E-state index contributed by atoms with van der Waals surface area (Å²) < 4.78 is 34.0. The van der Waals surface area contributed by atoms with E-state index in [4.69, 9.17) is 4.42 Å². The fraction of sp³-hybridized carbons (Fsp3) is 0.235. The maximum atomic E-state index is 12.9. The molecule has 7 heteroatoms. The Morgan fingerprint density at radius 1 is 0.958 bits per heavy atom. The summed E-state index contributed by atoms with van der Waals surface area (Å²) in [7, 11) is -3.73. The van der Waals surface area contributed by atoms with Crippen LogP contribution in [-0.2, 0) is 10.0 Å². The fourth-order valence-corrected chi connectivity index (χ4v) is 5.18. The first-order valence-corrected chi connectivity index (χ1v) is 9.62. The molecule has 1 heterocycles. The summed E-state index contributed by atoms with van der Waals surface area (Å²) in [6, 6.07) is 7.00. The Balaban J connectivity index is 2.10. The highest BCUT2D eigenvalue weighted by Crippen LogP contribution is 2.29. The normalized spacial score (nSPS) is 11.8. The number of nitrogens with one attached hydrogen (secondary N) is 1. The van der Waals surface area contributed by atoms with Crippen molar-refractivity contribution in [3.63, 3.8) is 0 Å². The fourth-order valence-electron chi connectivity index (χ4n) is 2.92. The first-order chi connectivity index (χ1) is 11.2. The summed E-state index contributed by atoms with van der Waals surface area (Å²) in [4.78, 5) is 11.2. The molecule has 0 atom stereocenters. The van der Waals surface area contributed by atoms with Crippen LogP contribution in [0.1, 0.15) is 22.3 Å². The van der Waals surface area contributed by atoms with Crippen molar-refractivity contribution in [2.45, 2.75) is 32.6 Å². The van der Waals surface area contributed by atoms with Crippen LogP contribution in [0.4, 0.5) is 5.69 Å². The maximum Gasteiger partial charge on any atom is 0.396 e. The first-order valence-electron chi connectivity index (χ1n) is 7.32. The molecule has 126 valence electrons. The van der Waals surface area contributed by atoms with Gasteiger partial charge in [-0.15, -0.1) is 0 Å². The van der Waals surface area contributed by atoms with Crippen molar-refractivity contribution >= 4 is 37.3 Å². The van der Waals surface area contributed by atoms with Gasteiger partial charge in [0.15, 0.2) is 0 Å². The smallest absolute Gasteiger partial charge is 0.396 e. The first kappa shape index (κ1) is 16.7. The molecule has 0 bridgehead atoms. The van der Waals surface area contributed by atoms with Crippen LogP contribution in [-0.4, -0.2) is 8.42 Å². The van der Waals surface area contributed by atoms with E-state index in [9.17, 15) is 13.2 Å². The second-order valence-electron chi connectivity index (χ2n) is 5.90. The number of hydrogen-bond acceptors (Lipinski definition) is 5. The predicted octanol–water partition coefficient (Wildman–Crippen LogP) is 3.89. The van der Waals surface area contributed by atoms with E-state index in [-0.39, 0.29) is 4.90 Å². The van der Waals surface area contributed by atoms with Crippen molar-refractivity contribution in [1.82, 2.24) is 0 Å². The standard InChI is InChI=1S/C17H17NO4S2/c1-9-5-11(3)16(12(4)6-9)24(20,21)18-13-8-15-14(7-10(13)2)22-17(19)23-15/h5-8,18H,1-4H3. The molecule has 1 N–H and O–H groups in total. The summed E-state index contributed by atoms with van der Waals surface area (Å²) in [5.74, 6) is 0. The Morgan fingerprint density at radius 3 is 2.21 bits per heavy atom. The minimum Gasteiger partial charge on any atom is -0.414 e. The van der Waals surface area contributed by atoms with Crippen molar-refractivity contribution in [2.75, 3.05) is 4.72 Å². The molecule has 0 spiro atoms. The van der Waals surface area contributed by atoms with Gasteiger partial charge < -0.3 is 4.42 Å². The zero-order chi connectivity index (χ0) is 17.6. The molecule has 0 radical (unpaired) electrons. The number of rotatable bonds is 3. The van der Waals surface area contributed by atoms with Crippen LogP contribution in [0.15, 0.2) is 38.4 Å². The van der Waals surface area contributed by atoms with Crippen molar-refractivity contribution in [3.05, 3.63) is 56.3 Å². The zero-order valence-electron chi connectivity index (χ0n) is 13.8. The van der Waals surface area contributed by atoms with Crippen molar-refractivity contribution in [2.24, 2.45) is 0 Å². The van der Waals surface area contributed by atoms with Gasteiger partial charge in [-0.05, 0) is 56.5 Å². The van der Waals surface area contributed by atoms with Crippen molar-refractivity contribution in [1.29, 1.82) is 0 Å². The number of aryl methyl sites for hydroxylation is 4. The topological polar surface area (TPSA) is 76.4 Å². The van der Waals surface area contributed by atoms with E-state index in [2.05, 4.69) is 4.72 Å². The van der Waals surface area contributed by atoms with Crippen LogP contribution in [0.2, 0.25) is 0 Å². The highest BCUT2D eigenvalue weighted by Gasteiger charge is 2.21. The van der Waals surface area contributed by atoms with E-state index in [1.54, 1.807) is 32.9 Å². The highest BCUT2D eigenvalue weighted by molar-refractivity contribution is 7.92. The second kappa shape index (κ2) is 5.75. The molecule has 0 unspecified atom stereocenters. The molecule has 5 nitrogen and oxygen atoms in total. The lowest BCUT2D eigenvalue weighted by molar-refractivity contribution is 0.585. The Morgan fingerprint density at radius 2 is 1.58 bits per heavy atom. The zero-order valence-corrected chi connectivity index (χ0v) is 15.4. The highest BCUT2D eigenvalue weighted by atomic mass is 32.2. The second-order valence-corrected chi connectivity index (χ2v) is 8.50. The van der Waals surface area contributed by atoms with Gasteiger partial charge in [-0.2, -0.15) is 0 Å². The average Bonchev–Trinajstić information content (AvgIpc) is 2.76. The molecule has 1 aromatic heterocycles. The molecule has 0 saturated carbocycles.